The zero-order chi connectivity index (χ0) is 17.2. The molecule has 4 N–H and O–H groups in total. The van der Waals surface area contributed by atoms with E-state index in [1.807, 2.05) is 38.1 Å². The second kappa shape index (κ2) is 11.7. The summed E-state index contributed by atoms with van der Waals surface area (Å²) in [4.78, 5) is 23.2. The van der Waals surface area contributed by atoms with Crippen LogP contribution in [0.5, 0.6) is 5.75 Å². The summed E-state index contributed by atoms with van der Waals surface area (Å²) in [6.45, 7) is 6.58. The molecule has 0 bridgehead atoms. The summed E-state index contributed by atoms with van der Waals surface area (Å²) >= 11 is 0. The van der Waals surface area contributed by atoms with E-state index in [0.29, 0.717) is 26.0 Å². The molecule has 0 saturated heterocycles. The van der Waals surface area contributed by atoms with Gasteiger partial charge in [0.1, 0.15) is 5.75 Å². The van der Waals surface area contributed by atoms with E-state index < -0.39 is 6.04 Å². The Bertz CT molecular complexity index is 506. The van der Waals surface area contributed by atoms with E-state index in [2.05, 4.69) is 10.6 Å². The minimum absolute atomic E-state index is 0. The molecular weight excluding hydrogens is 330 g/mol. The molecule has 24 heavy (non-hydrogen) atoms. The number of nitrogens with one attached hydrogen (secondary N) is 2. The normalized spacial score (nSPS) is 12.5. The summed E-state index contributed by atoms with van der Waals surface area (Å²) in [5.74, 6) is 0.578. The molecule has 2 amide bonds. The van der Waals surface area contributed by atoms with Crippen molar-refractivity contribution in [3.05, 3.63) is 29.8 Å². The predicted octanol–water partition coefficient (Wildman–Crippen LogP) is 1.93. The van der Waals surface area contributed by atoms with Crippen molar-refractivity contribution in [2.75, 3.05) is 13.2 Å². The molecule has 1 unspecified atom stereocenters. The summed E-state index contributed by atoms with van der Waals surface area (Å²) in [5, 5.41) is 5.62. The molecule has 2 atom stereocenters. The van der Waals surface area contributed by atoms with Gasteiger partial charge in [-0.15, -0.1) is 12.4 Å². The maximum absolute atomic E-state index is 11.9. The van der Waals surface area contributed by atoms with Crippen molar-refractivity contribution in [3.8, 4) is 5.75 Å². The molecule has 1 aromatic carbocycles. The molecule has 0 heterocycles. The summed E-state index contributed by atoms with van der Waals surface area (Å²) in [7, 11) is 0. The van der Waals surface area contributed by atoms with Gasteiger partial charge in [0.05, 0.1) is 18.7 Å². The second-order valence-corrected chi connectivity index (χ2v) is 5.47. The third-order valence-corrected chi connectivity index (χ3v) is 3.36. The quantitative estimate of drug-likeness (QED) is 0.589. The molecule has 0 aliphatic rings. The van der Waals surface area contributed by atoms with Crippen molar-refractivity contribution in [2.45, 2.75) is 45.7 Å². The van der Waals surface area contributed by atoms with Crippen LogP contribution >= 0.6 is 12.4 Å². The zero-order valence-corrected chi connectivity index (χ0v) is 15.3. The average Bonchev–Trinajstić information content (AvgIpc) is 2.52. The van der Waals surface area contributed by atoms with Crippen molar-refractivity contribution in [1.82, 2.24) is 10.6 Å². The standard InChI is InChI=1S/C17H27N3O3.ClH/c1-4-23-15-9-7-14(8-10-15)13(3)20-16(21)6-5-11-19-17(22)12(2)18;/h7-10,12-13H,4-6,11,18H2,1-3H3,(H,19,22)(H,20,21);1H/t12-,13?;/m0./s1. The first-order chi connectivity index (χ1) is 10.9. The highest BCUT2D eigenvalue weighted by Gasteiger charge is 2.10. The zero-order valence-electron chi connectivity index (χ0n) is 14.5. The number of carbonyl (C=O) groups excluding carboxylic acids is 2. The van der Waals surface area contributed by atoms with E-state index in [0.717, 1.165) is 11.3 Å². The van der Waals surface area contributed by atoms with Crippen molar-refractivity contribution >= 4 is 24.2 Å². The molecule has 0 aromatic heterocycles. The number of nitrogens with two attached hydrogens (primary N) is 1. The molecule has 0 spiro atoms. The molecule has 1 aromatic rings. The van der Waals surface area contributed by atoms with Crippen molar-refractivity contribution < 1.29 is 14.3 Å². The Morgan fingerprint density at radius 1 is 1.21 bits per heavy atom. The molecule has 7 heteroatoms. The largest absolute Gasteiger partial charge is 0.494 e. The number of rotatable bonds is 9. The number of hydrogen-bond donors (Lipinski definition) is 3. The monoisotopic (exact) mass is 357 g/mol. The molecule has 136 valence electrons. The highest BCUT2D eigenvalue weighted by atomic mass is 35.5. The molecule has 1 rings (SSSR count). The van der Waals surface area contributed by atoms with E-state index in [4.69, 9.17) is 10.5 Å². The number of benzene rings is 1. The maximum atomic E-state index is 11.9. The van der Waals surface area contributed by atoms with Crippen LogP contribution in [-0.2, 0) is 9.59 Å². The van der Waals surface area contributed by atoms with Gasteiger partial charge < -0.3 is 21.1 Å². The van der Waals surface area contributed by atoms with Crippen LogP contribution in [0.2, 0.25) is 0 Å². The SMILES string of the molecule is CCOc1ccc(C(C)NC(=O)CCCNC(=O)[C@H](C)N)cc1.Cl. The lowest BCUT2D eigenvalue weighted by atomic mass is 10.1. The first-order valence-electron chi connectivity index (χ1n) is 7.99. The Morgan fingerprint density at radius 3 is 2.38 bits per heavy atom. The molecule has 0 saturated carbocycles. The third kappa shape index (κ3) is 8.17. The predicted molar refractivity (Wildman–Crippen MR) is 97.3 cm³/mol. The van der Waals surface area contributed by atoms with Gasteiger partial charge in [0.15, 0.2) is 0 Å². The summed E-state index contributed by atoms with van der Waals surface area (Å²) in [6, 6.07) is 7.08. The highest BCUT2D eigenvalue weighted by Crippen LogP contribution is 2.17. The fraction of sp³-hybridized carbons (Fsp3) is 0.529. The van der Waals surface area contributed by atoms with Crippen LogP contribution in [0, 0.1) is 0 Å². The van der Waals surface area contributed by atoms with E-state index in [1.165, 1.54) is 0 Å². The van der Waals surface area contributed by atoms with Crippen LogP contribution in [0.25, 0.3) is 0 Å². The van der Waals surface area contributed by atoms with Crippen LogP contribution in [0.1, 0.15) is 45.2 Å². The Kier molecular flexibility index (Phi) is 10.8. The first kappa shape index (κ1) is 22.2. The smallest absolute Gasteiger partial charge is 0.236 e. The lowest BCUT2D eigenvalue weighted by Crippen LogP contribution is -2.39. The van der Waals surface area contributed by atoms with E-state index in [9.17, 15) is 9.59 Å². The molecule has 6 nitrogen and oxygen atoms in total. The van der Waals surface area contributed by atoms with Gasteiger partial charge in [-0.25, -0.2) is 0 Å². The lowest BCUT2D eigenvalue weighted by Gasteiger charge is -2.15. The molecule has 0 aliphatic carbocycles. The Balaban J connectivity index is 0.00000529. The Hall–Kier alpha value is -1.79. The molecular formula is C17H28ClN3O3. The lowest BCUT2D eigenvalue weighted by molar-refractivity contribution is -0.123. The van der Waals surface area contributed by atoms with Crippen LogP contribution in [-0.4, -0.2) is 31.0 Å². The van der Waals surface area contributed by atoms with Crippen molar-refractivity contribution in [2.24, 2.45) is 5.73 Å². The van der Waals surface area contributed by atoms with Gasteiger partial charge in [-0.2, -0.15) is 0 Å². The Morgan fingerprint density at radius 2 is 1.83 bits per heavy atom. The van der Waals surface area contributed by atoms with Crippen molar-refractivity contribution in [3.63, 3.8) is 0 Å². The number of carbonyl (C=O) groups is 2. The van der Waals surface area contributed by atoms with Crippen LogP contribution in [0.3, 0.4) is 0 Å². The molecule has 0 radical (unpaired) electrons. The van der Waals surface area contributed by atoms with E-state index in [-0.39, 0.29) is 30.3 Å². The Labute approximate surface area is 149 Å². The number of amides is 2. The van der Waals surface area contributed by atoms with Crippen LogP contribution < -0.4 is 21.1 Å². The minimum atomic E-state index is -0.525. The van der Waals surface area contributed by atoms with Gasteiger partial charge in [0.2, 0.25) is 11.8 Å². The molecule has 0 fully saturated rings. The molecule has 0 aliphatic heterocycles. The summed E-state index contributed by atoms with van der Waals surface area (Å²) < 4.78 is 5.39. The first-order valence-corrected chi connectivity index (χ1v) is 7.99. The van der Waals surface area contributed by atoms with Crippen LogP contribution in [0.4, 0.5) is 0 Å². The summed E-state index contributed by atoms with van der Waals surface area (Å²) in [5.41, 5.74) is 6.46. The number of hydrogen-bond acceptors (Lipinski definition) is 4. The van der Waals surface area contributed by atoms with E-state index in [1.54, 1.807) is 6.92 Å². The van der Waals surface area contributed by atoms with Gasteiger partial charge >= 0.3 is 0 Å². The minimum Gasteiger partial charge on any atom is -0.494 e. The number of ether oxygens (including phenoxy) is 1. The van der Waals surface area contributed by atoms with Gasteiger partial charge in [-0.1, -0.05) is 12.1 Å². The maximum Gasteiger partial charge on any atom is 0.236 e. The van der Waals surface area contributed by atoms with Crippen LogP contribution in [0.15, 0.2) is 24.3 Å². The number of halogens is 1. The van der Waals surface area contributed by atoms with E-state index >= 15 is 0 Å². The topological polar surface area (TPSA) is 93.5 Å². The highest BCUT2D eigenvalue weighted by molar-refractivity contribution is 5.85. The second-order valence-electron chi connectivity index (χ2n) is 5.47. The van der Waals surface area contributed by atoms with Gasteiger partial charge in [0.25, 0.3) is 0 Å². The van der Waals surface area contributed by atoms with Gasteiger partial charge in [0, 0.05) is 13.0 Å². The van der Waals surface area contributed by atoms with Gasteiger partial charge in [-0.3, -0.25) is 9.59 Å². The third-order valence-electron chi connectivity index (χ3n) is 3.36. The fourth-order valence-electron chi connectivity index (χ4n) is 2.04. The fourth-order valence-corrected chi connectivity index (χ4v) is 2.04. The van der Waals surface area contributed by atoms with Crippen molar-refractivity contribution in [1.29, 1.82) is 0 Å². The van der Waals surface area contributed by atoms with Gasteiger partial charge in [-0.05, 0) is 44.9 Å². The summed E-state index contributed by atoms with van der Waals surface area (Å²) in [6.07, 6.45) is 0.945. The average molecular weight is 358 g/mol.